The van der Waals surface area contributed by atoms with Crippen LogP contribution >= 0.6 is 0 Å². The Bertz CT molecular complexity index is 44.3. The Labute approximate surface area is 52.3 Å². The first-order valence-electron chi connectivity index (χ1n) is 3.47. The minimum atomic E-state index is 0.417. The maximum absolute atomic E-state index is 5.73. The van der Waals surface area contributed by atoms with Crippen molar-refractivity contribution < 1.29 is 0 Å². The molecule has 50 valence electrons. The summed E-state index contributed by atoms with van der Waals surface area (Å²) >= 11 is 0. The molecule has 8 heavy (non-hydrogen) atoms. The van der Waals surface area contributed by atoms with Crippen LogP contribution in [0.2, 0.25) is 0 Å². The zero-order chi connectivity index (χ0) is 6.57. The fraction of sp³-hybridized carbons (Fsp3) is 1.00. The number of rotatable bonds is 3. The lowest BCUT2D eigenvalue weighted by atomic mass is 9.98. The molecule has 1 heteroatoms. The van der Waals surface area contributed by atoms with Gasteiger partial charge in [0.15, 0.2) is 0 Å². The van der Waals surface area contributed by atoms with Gasteiger partial charge in [-0.2, -0.15) is 0 Å². The van der Waals surface area contributed by atoms with Gasteiger partial charge in [0.05, 0.1) is 0 Å². The largest absolute Gasteiger partial charge is 0.327 e. The van der Waals surface area contributed by atoms with E-state index in [-0.39, 0.29) is 0 Å². The first kappa shape index (κ1) is 7.96. The summed E-state index contributed by atoms with van der Waals surface area (Å²) in [5, 5.41) is 0. The smallest absolute Gasteiger partial charge is 0.00618 e. The third-order valence-electron chi connectivity index (χ3n) is 1.85. The minimum absolute atomic E-state index is 0.417. The van der Waals surface area contributed by atoms with Crippen molar-refractivity contribution in [2.75, 3.05) is 0 Å². The Kier molecular flexibility index (Phi) is 3.88. The molecule has 0 aliphatic carbocycles. The van der Waals surface area contributed by atoms with Crippen molar-refractivity contribution in [3.8, 4) is 0 Å². The zero-order valence-corrected chi connectivity index (χ0v) is 6.15. The van der Waals surface area contributed by atoms with E-state index in [2.05, 4.69) is 20.8 Å². The van der Waals surface area contributed by atoms with Crippen LogP contribution in [0.25, 0.3) is 0 Å². The van der Waals surface area contributed by atoms with Crippen molar-refractivity contribution in [3.05, 3.63) is 0 Å². The molecule has 0 heterocycles. The maximum atomic E-state index is 5.73. The van der Waals surface area contributed by atoms with Gasteiger partial charge in [-0.3, -0.25) is 0 Å². The molecular weight excluding hydrogens is 98.1 g/mol. The zero-order valence-electron chi connectivity index (χ0n) is 6.15. The summed E-state index contributed by atoms with van der Waals surface area (Å²) in [7, 11) is 0. The van der Waals surface area contributed by atoms with Crippen molar-refractivity contribution in [2.45, 2.75) is 39.7 Å². The van der Waals surface area contributed by atoms with Crippen LogP contribution in [0, 0.1) is 5.92 Å². The van der Waals surface area contributed by atoms with Gasteiger partial charge in [0.2, 0.25) is 0 Å². The van der Waals surface area contributed by atoms with Gasteiger partial charge in [-0.1, -0.05) is 27.2 Å². The van der Waals surface area contributed by atoms with E-state index < -0.39 is 0 Å². The van der Waals surface area contributed by atoms with Crippen molar-refractivity contribution in [1.29, 1.82) is 0 Å². The van der Waals surface area contributed by atoms with E-state index in [1.807, 2.05) is 0 Å². The van der Waals surface area contributed by atoms with Crippen LogP contribution in [0.4, 0.5) is 0 Å². The first-order valence-corrected chi connectivity index (χ1v) is 3.47. The van der Waals surface area contributed by atoms with E-state index in [1.165, 1.54) is 6.42 Å². The fourth-order valence-electron chi connectivity index (χ4n) is 0.705. The highest BCUT2D eigenvalue weighted by Gasteiger charge is 2.05. The van der Waals surface area contributed by atoms with E-state index in [0.717, 1.165) is 6.42 Å². The number of nitrogens with two attached hydrogens (primary N) is 1. The van der Waals surface area contributed by atoms with Gasteiger partial charge in [0.1, 0.15) is 0 Å². The lowest BCUT2D eigenvalue weighted by Gasteiger charge is -2.14. The number of hydrogen-bond acceptors (Lipinski definition) is 1. The molecule has 0 amide bonds. The van der Waals surface area contributed by atoms with E-state index in [0.29, 0.717) is 12.0 Å². The summed E-state index contributed by atoms with van der Waals surface area (Å²) in [5.74, 6) is 0.694. The molecular formula is C7H17N. The summed E-state index contributed by atoms with van der Waals surface area (Å²) in [6, 6.07) is 0.417. The van der Waals surface area contributed by atoms with E-state index in [4.69, 9.17) is 5.73 Å². The molecule has 0 aromatic carbocycles. The molecule has 0 saturated carbocycles. The maximum Gasteiger partial charge on any atom is 0.00618 e. The van der Waals surface area contributed by atoms with Gasteiger partial charge in [-0.15, -0.1) is 0 Å². The van der Waals surface area contributed by atoms with E-state index >= 15 is 0 Å². The monoisotopic (exact) mass is 115 g/mol. The highest BCUT2D eigenvalue weighted by Crippen LogP contribution is 2.06. The van der Waals surface area contributed by atoms with Crippen LogP contribution < -0.4 is 5.73 Å². The highest BCUT2D eigenvalue weighted by atomic mass is 14.6. The Hall–Kier alpha value is -0.0400. The van der Waals surface area contributed by atoms with Crippen molar-refractivity contribution in [3.63, 3.8) is 0 Å². The minimum Gasteiger partial charge on any atom is -0.327 e. The summed E-state index contributed by atoms with van der Waals surface area (Å²) < 4.78 is 0. The van der Waals surface area contributed by atoms with Gasteiger partial charge < -0.3 is 5.73 Å². The lowest BCUT2D eigenvalue weighted by molar-refractivity contribution is 0.432. The molecule has 1 nitrogen and oxygen atoms in total. The fourth-order valence-corrected chi connectivity index (χ4v) is 0.705. The predicted molar refractivity (Wildman–Crippen MR) is 37.7 cm³/mol. The molecule has 2 atom stereocenters. The molecule has 2 N–H and O–H groups in total. The van der Waals surface area contributed by atoms with Crippen molar-refractivity contribution in [2.24, 2.45) is 11.7 Å². The molecule has 0 bridgehead atoms. The Morgan fingerprint density at radius 1 is 1.25 bits per heavy atom. The summed E-state index contributed by atoms with van der Waals surface area (Å²) in [5.41, 5.74) is 5.73. The van der Waals surface area contributed by atoms with Gasteiger partial charge in [-0.25, -0.2) is 0 Å². The molecule has 0 saturated heterocycles. The Balaban J connectivity index is 3.29. The summed E-state index contributed by atoms with van der Waals surface area (Å²) in [6.45, 7) is 6.52. The Morgan fingerprint density at radius 3 is 1.88 bits per heavy atom. The lowest BCUT2D eigenvalue weighted by Crippen LogP contribution is -2.26. The average Bonchev–Trinajstić information content (AvgIpc) is 1.84. The molecule has 1 unspecified atom stereocenters. The molecule has 0 rings (SSSR count). The SMILES string of the molecule is CCC(C)[C@@H](N)CC. The quantitative estimate of drug-likeness (QED) is 0.596. The second-order valence-electron chi connectivity index (χ2n) is 2.46. The van der Waals surface area contributed by atoms with Crippen LogP contribution in [0.1, 0.15) is 33.6 Å². The van der Waals surface area contributed by atoms with Crippen molar-refractivity contribution >= 4 is 0 Å². The molecule has 0 aromatic heterocycles. The van der Waals surface area contributed by atoms with E-state index in [1.54, 1.807) is 0 Å². The normalized spacial score (nSPS) is 18.0. The second kappa shape index (κ2) is 3.90. The molecule has 0 aromatic rings. The molecule has 0 aliphatic heterocycles. The summed E-state index contributed by atoms with van der Waals surface area (Å²) in [4.78, 5) is 0. The van der Waals surface area contributed by atoms with E-state index in [9.17, 15) is 0 Å². The Morgan fingerprint density at radius 2 is 1.75 bits per heavy atom. The first-order chi connectivity index (χ1) is 3.72. The highest BCUT2D eigenvalue weighted by molar-refractivity contribution is 4.64. The molecule has 0 aliphatic rings. The van der Waals surface area contributed by atoms with Gasteiger partial charge >= 0.3 is 0 Å². The second-order valence-corrected chi connectivity index (χ2v) is 2.46. The van der Waals surface area contributed by atoms with Crippen LogP contribution in [-0.4, -0.2) is 6.04 Å². The number of hydrogen-bond donors (Lipinski definition) is 1. The van der Waals surface area contributed by atoms with Crippen LogP contribution in [0.3, 0.4) is 0 Å². The molecule has 0 radical (unpaired) electrons. The third kappa shape index (κ3) is 2.31. The molecule has 0 fully saturated rings. The van der Waals surface area contributed by atoms with Gasteiger partial charge in [-0.05, 0) is 12.3 Å². The predicted octanol–water partition coefficient (Wildman–Crippen LogP) is 1.77. The van der Waals surface area contributed by atoms with Crippen LogP contribution in [0.5, 0.6) is 0 Å². The van der Waals surface area contributed by atoms with Gasteiger partial charge in [0, 0.05) is 6.04 Å². The average molecular weight is 115 g/mol. The molecule has 0 spiro atoms. The third-order valence-corrected chi connectivity index (χ3v) is 1.85. The van der Waals surface area contributed by atoms with Crippen molar-refractivity contribution in [1.82, 2.24) is 0 Å². The van der Waals surface area contributed by atoms with Gasteiger partial charge in [0.25, 0.3) is 0 Å². The topological polar surface area (TPSA) is 26.0 Å². The summed E-state index contributed by atoms with van der Waals surface area (Å²) in [6.07, 6.45) is 2.31. The standard InChI is InChI=1S/C7H17N/c1-4-6(3)7(8)5-2/h6-7H,4-5,8H2,1-3H3/t6?,7-/m0/s1. The van der Waals surface area contributed by atoms with Crippen LogP contribution in [0.15, 0.2) is 0 Å². The van der Waals surface area contributed by atoms with Crippen LogP contribution in [-0.2, 0) is 0 Å².